The van der Waals surface area contributed by atoms with Crippen molar-refractivity contribution in [3.8, 4) is 0 Å². The fourth-order valence-electron chi connectivity index (χ4n) is 2.34. The van der Waals surface area contributed by atoms with Crippen LogP contribution in [0.25, 0.3) is 0 Å². The fraction of sp³-hybridized carbons (Fsp3) is 0.294. The van der Waals surface area contributed by atoms with Crippen molar-refractivity contribution in [3.63, 3.8) is 0 Å². The summed E-state index contributed by atoms with van der Waals surface area (Å²) in [6.45, 7) is 1.27. The average molecular weight is 366 g/mol. The maximum absolute atomic E-state index is 12.9. The van der Waals surface area contributed by atoms with E-state index in [4.69, 9.17) is 5.73 Å². The molecule has 6 nitrogen and oxygen atoms in total. The number of amides is 2. The topological polar surface area (TPSA) is 98.0 Å². The number of nitrogens with two attached hydrogens (primary N) is 1. The maximum atomic E-state index is 12.9. The van der Waals surface area contributed by atoms with Crippen LogP contribution in [-0.4, -0.2) is 21.8 Å². The van der Waals surface area contributed by atoms with Crippen molar-refractivity contribution >= 4 is 11.8 Å². The fourth-order valence-corrected chi connectivity index (χ4v) is 2.34. The molecule has 0 aliphatic heterocycles. The van der Waals surface area contributed by atoms with Crippen molar-refractivity contribution in [2.75, 3.05) is 0 Å². The number of carbonyl (C=O) groups excluding carboxylic acids is 2. The van der Waals surface area contributed by atoms with Gasteiger partial charge in [-0.3, -0.25) is 9.59 Å². The van der Waals surface area contributed by atoms with Gasteiger partial charge in [0.05, 0.1) is 5.56 Å². The van der Waals surface area contributed by atoms with Crippen LogP contribution in [0.2, 0.25) is 0 Å². The van der Waals surface area contributed by atoms with Gasteiger partial charge in [0, 0.05) is 18.8 Å². The average Bonchev–Trinajstić information content (AvgIpc) is 2.60. The maximum Gasteiger partial charge on any atom is 0.416 e. The third-order valence-corrected chi connectivity index (χ3v) is 3.90. The van der Waals surface area contributed by atoms with Crippen LogP contribution >= 0.6 is 0 Å². The monoisotopic (exact) mass is 366 g/mol. The Labute approximate surface area is 147 Å². The highest BCUT2D eigenvalue weighted by Crippen LogP contribution is 2.32. The van der Waals surface area contributed by atoms with Gasteiger partial charge >= 0.3 is 6.18 Å². The summed E-state index contributed by atoms with van der Waals surface area (Å²) >= 11 is 0. The summed E-state index contributed by atoms with van der Waals surface area (Å²) in [6, 6.07) is 4.15. The van der Waals surface area contributed by atoms with Gasteiger partial charge in [-0.15, -0.1) is 0 Å². The molecule has 138 valence electrons. The van der Waals surface area contributed by atoms with Gasteiger partial charge in [0.25, 0.3) is 0 Å². The molecule has 0 spiro atoms. The van der Waals surface area contributed by atoms with Gasteiger partial charge in [0.2, 0.25) is 11.8 Å². The molecule has 9 heteroatoms. The Kier molecular flexibility index (Phi) is 5.59. The van der Waals surface area contributed by atoms with Gasteiger partial charge in [-0.2, -0.15) is 13.2 Å². The van der Waals surface area contributed by atoms with E-state index in [0.29, 0.717) is 12.0 Å². The predicted octanol–water partition coefficient (Wildman–Crippen LogP) is 1.94. The lowest BCUT2D eigenvalue weighted by atomic mass is 9.89. The number of rotatable bonds is 6. The number of alkyl halides is 3. The Morgan fingerprint density at radius 3 is 2.35 bits per heavy atom. The van der Waals surface area contributed by atoms with E-state index >= 15 is 0 Å². The number of benzene rings is 1. The summed E-state index contributed by atoms with van der Waals surface area (Å²) in [5.74, 6) is -1.50. The zero-order chi connectivity index (χ0) is 19.4. The Bertz CT molecular complexity index is 796. The molecule has 2 amide bonds. The van der Waals surface area contributed by atoms with Crippen molar-refractivity contribution in [1.82, 2.24) is 15.3 Å². The number of halogens is 3. The Morgan fingerprint density at radius 2 is 1.77 bits per heavy atom. The first-order valence-electron chi connectivity index (χ1n) is 7.65. The zero-order valence-corrected chi connectivity index (χ0v) is 13.9. The lowest BCUT2D eigenvalue weighted by Gasteiger charge is -2.28. The third-order valence-electron chi connectivity index (χ3n) is 3.90. The number of carbonyl (C=O) groups is 2. The SMILES string of the molecule is CC(NC(=O)CCc1cncnc1)(C(N)=O)c1cccc(C(F)(F)F)c1. The number of aromatic nitrogens is 2. The first kappa shape index (κ1) is 19.4. The minimum atomic E-state index is -4.58. The molecule has 1 aromatic heterocycles. The molecule has 3 N–H and O–H groups in total. The van der Waals surface area contributed by atoms with Crippen LogP contribution in [0.3, 0.4) is 0 Å². The molecule has 1 atom stereocenters. The second-order valence-corrected chi connectivity index (χ2v) is 5.86. The highest BCUT2D eigenvalue weighted by molar-refractivity contribution is 5.91. The molecule has 2 aromatic rings. The van der Waals surface area contributed by atoms with E-state index in [2.05, 4.69) is 15.3 Å². The first-order chi connectivity index (χ1) is 12.1. The standard InChI is InChI=1S/C17H17F3N4O2/c1-16(15(21)26,12-3-2-4-13(7-12)17(18,19)20)24-14(25)6-5-11-8-22-10-23-9-11/h2-4,7-10H,5-6H2,1H3,(H2,21,26)(H,24,25). The molecular weight excluding hydrogens is 349 g/mol. The number of primary amides is 1. The van der Waals surface area contributed by atoms with Crippen LogP contribution in [0.1, 0.15) is 30.0 Å². The molecule has 0 aliphatic carbocycles. The molecule has 0 radical (unpaired) electrons. The molecule has 0 fully saturated rings. The Balaban J connectivity index is 2.19. The third kappa shape index (κ3) is 4.56. The highest BCUT2D eigenvalue weighted by Gasteiger charge is 2.37. The van der Waals surface area contributed by atoms with Crippen molar-refractivity contribution in [1.29, 1.82) is 0 Å². The summed E-state index contributed by atoms with van der Waals surface area (Å²) in [5, 5.41) is 2.44. The number of nitrogens with one attached hydrogen (secondary N) is 1. The van der Waals surface area contributed by atoms with E-state index in [9.17, 15) is 22.8 Å². The minimum Gasteiger partial charge on any atom is -0.367 e. The van der Waals surface area contributed by atoms with E-state index in [-0.39, 0.29) is 12.0 Å². The van der Waals surface area contributed by atoms with Gasteiger partial charge in [-0.25, -0.2) is 9.97 Å². The van der Waals surface area contributed by atoms with Crippen molar-refractivity contribution in [3.05, 3.63) is 59.7 Å². The molecule has 1 unspecified atom stereocenters. The molecule has 0 saturated carbocycles. The van der Waals surface area contributed by atoms with Gasteiger partial charge in [0.1, 0.15) is 11.9 Å². The van der Waals surface area contributed by atoms with E-state index in [0.717, 1.165) is 18.2 Å². The van der Waals surface area contributed by atoms with Crippen molar-refractivity contribution in [2.45, 2.75) is 31.5 Å². The van der Waals surface area contributed by atoms with Gasteiger partial charge in [0.15, 0.2) is 0 Å². The molecule has 0 aliphatic rings. The minimum absolute atomic E-state index is 0.00476. The van der Waals surface area contributed by atoms with E-state index in [1.54, 1.807) is 12.4 Å². The highest BCUT2D eigenvalue weighted by atomic mass is 19.4. The largest absolute Gasteiger partial charge is 0.416 e. The van der Waals surface area contributed by atoms with Crippen LogP contribution in [0.5, 0.6) is 0 Å². The second kappa shape index (κ2) is 7.51. The van der Waals surface area contributed by atoms with Crippen LogP contribution in [0.15, 0.2) is 43.0 Å². The van der Waals surface area contributed by atoms with Crippen molar-refractivity contribution in [2.24, 2.45) is 5.73 Å². The Morgan fingerprint density at radius 1 is 1.15 bits per heavy atom. The molecule has 1 aromatic carbocycles. The van der Waals surface area contributed by atoms with Gasteiger partial charge in [-0.05, 0) is 36.6 Å². The molecule has 1 heterocycles. The summed E-state index contributed by atoms with van der Waals surface area (Å²) in [4.78, 5) is 31.8. The summed E-state index contributed by atoms with van der Waals surface area (Å²) in [6.07, 6.45) is 0.160. The smallest absolute Gasteiger partial charge is 0.367 e. The predicted molar refractivity (Wildman–Crippen MR) is 86.5 cm³/mol. The van der Waals surface area contributed by atoms with Gasteiger partial charge in [-0.1, -0.05) is 12.1 Å². The van der Waals surface area contributed by atoms with E-state index in [1.165, 1.54) is 19.3 Å². The van der Waals surface area contributed by atoms with Crippen LogP contribution in [0.4, 0.5) is 13.2 Å². The lowest BCUT2D eigenvalue weighted by Crippen LogP contribution is -2.52. The summed E-state index contributed by atoms with van der Waals surface area (Å²) in [7, 11) is 0. The quantitative estimate of drug-likeness (QED) is 0.816. The molecule has 0 saturated heterocycles. The summed E-state index contributed by atoms with van der Waals surface area (Å²) in [5.41, 5.74) is 3.32. The van der Waals surface area contributed by atoms with E-state index in [1.807, 2.05) is 0 Å². The normalized spacial score (nSPS) is 13.7. The second-order valence-electron chi connectivity index (χ2n) is 5.86. The van der Waals surface area contributed by atoms with Crippen LogP contribution in [-0.2, 0) is 27.7 Å². The molecular formula is C17H17F3N4O2. The van der Waals surface area contributed by atoms with Crippen LogP contribution < -0.4 is 11.1 Å². The van der Waals surface area contributed by atoms with Crippen molar-refractivity contribution < 1.29 is 22.8 Å². The summed E-state index contributed by atoms with van der Waals surface area (Å²) < 4.78 is 38.7. The van der Waals surface area contributed by atoms with Gasteiger partial charge < -0.3 is 11.1 Å². The number of nitrogens with zero attached hydrogens (tertiary/aromatic N) is 2. The molecule has 26 heavy (non-hydrogen) atoms. The number of hydrogen-bond acceptors (Lipinski definition) is 4. The molecule has 2 rings (SSSR count). The Hall–Kier alpha value is -2.97. The number of aryl methyl sites for hydroxylation is 1. The molecule has 0 bridgehead atoms. The van der Waals surface area contributed by atoms with Crippen LogP contribution in [0, 0.1) is 0 Å². The first-order valence-corrected chi connectivity index (χ1v) is 7.65. The van der Waals surface area contributed by atoms with E-state index < -0.39 is 29.1 Å². The zero-order valence-electron chi connectivity index (χ0n) is 13.9. The lowest BCUT2D eigenvalue weighted by molar-refractivity contribution is -0.138. The number of hydrogen-bond donors (Lipinski definition) is 2.